The van der Waals surface area contributed by atoms with Gasteiger partial charge in [0.1, 0.15) is 17.7 Å². The van der Waals surface area contributed by atoms with Crippen molar-refractivity contribution in [3.8, 4) is 0 Å². The van der Waals surface area contributed by atoms with E-state index >= 15 is 0 Å². The summed E-state index contributed by atoms with van der Waals surface area (Å²) < 4.78 is 86.5. The second-order valence-electron chi connectivity index (χ2n) is 11.8. The van der Waals surface area contributed by atoms with Crippen LogP contribution in [-0.2, 0) is 27.1 Å². The minimum Gasteiger partial charge on any atom is -0.464 e. The van der Waals surface area contributed by atoms with Crippen LogP contribution >= 0.6 is 0 Å². The molecule has 2 aliphatic heterocycles. The van der Waals surface area contributed by atoms with Crippen molar-refractivity contribution in [2.45, 2.75) is 63.1 Å². The van der Waals surface area contributed by atoms with Crippen LogP contribution < -0.4 is 10.2 Å². The molecule has 1 unspecified atom stereocenters. The number of hydrogen-bond acceptors (Lipinski definition) is 6. The van der Waals surface area contributed by atoms with Crippen molar-refractivity contribution in [1.29, 1.82) is 0 Å². The minimum atomic E-state index is -6.01. The average Bonchev–Trinajstić information content (AvgIpc) is 3.54. The van der Waals surface area contributed by atoms with Gasteiger partial charge >= 0.3 is 18.4 Å². The number of piperazine rings is 1. The van der Waals surface area contributed by atoms with Gasteiger partial charge in [-0.05, 0) is 55.7 Å². The number of imide groups is 1. The second-order valence-corrected chi connectivity index (χ2v) is 11.8. The summed E-state index contributed by atoms with van der Waals surface area (Å²) in [5.74, 6) is -1.11. The van der Waals surface area contributed by atoms with Crippen molar-refractivity contribution in [2.75, 3.05) is 31.1 Å². The number of rotatable bonds is 7. The number of carbonyl (C=O) groups is 3. The molecular weight excluding hydrogens is 622 g/mol. The van der Waals surface area contributed by atoms with Crippen LogP contribution in [0, 0.1) is 0 Å². The summed E-state index contributed by atoms with van der Waals surface area (Å²) in [5.41, 5.74) is -6.10. The Morgan fingerprint density at radius 1 is 1.04 bits per heavy atom. The van der Waals surface area contributed by atoms with Crippen LogP contribution in [0.3, 0.4) is 0 Å². The molecule has 0 spiro atoms. The van der Waals surface area contributed by atoms with Crippen LogP contribution in [0.2, 0.25) is 0 Å². The normalized spacial score (nSPS) is 21.3. The molecule has 3 aromatic rings. The first kappa shape index (κ1) is 33.1. The summed E-state index contributed by atoms with van der Waals surface area (Å²) in [6.45, 7) is 4.87. The number of furan rings is 1. The number of halogens is 6. The van der Waals surface area contributed by atoms with Gasteiger partial charge in [-0.3, -0.25) is 14.5 Å². The Morgan fingerprint density at radius 3 is 2.37 bits per heavy atom. The molecule has 2 atom stereocenters. The summed E-state index contributed by atoms with van der Waals surface area (Å²) in [7, 11) is 0. The number of nitrogens with one attached hydrogen (secondary N) is 1. The Balaban J connectivity index is 1.31. The molecule has 2 N–H and O–H groups in total. The lowest BCUT2D eigenvalue weighted by Gasteiger charge is -2.42. The Bertz CT molecular complexity index is 1660. The Hall–Kier alpha value is -4.27. The molecule has 2 fully saturated rings. The van der Waals surface area contributed by atoms with Gasteiger partial charge in [-0.2, -0.15) is 26.3 Å². The van der Waals surface area contributed by atoms with E-state index in [2.05, 4.69) is 5.32 Å². The summed E-state index contributed by atoms with van der Waals surface area (Å²) in [5, 5.41) is 13.3. The van der Waals surface area contributed by atoms with E-state index in [1.165, 1.54) is 11.2 Å². The molecule has 0 bridgehead atoms. The fourth-order valence-corrected chi connectivity index (χ4v) is 6.14. The maximum absolute atomic E-state index is 13.5. The predicted octanol–water partition coefficient (Wildman–Crippen LogP) is 5.20. The smallest absolute Gasteiger partial charge is 0.430 e. The third kappa shape index (κ3) is 5.43. The van der Waals surface area contributed by atoms with Crippen LogP contribution in [0.5, 0.6) is 0 Å². The van der Waals surface area contributed by atoms with Crippen LogP contribution in [0.1, 0.15) is 43.9 Å². The zero-order chi connectivity index (χ0) is 33.8. The van der Waals surface area contributed by atoms with E-state index in [1.54, 1.807) is 49.9 Å². The van der Waals surface area contributed by atoms with Gasteiger partial charge in [-0.1, -0.05) is 31.5 Å². The van der Waals surface area contributed by atoms with Gasteiger partial charge in [0.15, 0.2) is 0 Å². The summed E-state index contributed by atoms with van der Waals surface area (Å²) >= 11 is 0. The van der Waals surface area contributed by atoms with Gasteiger partial charge < -0.3 is 24.6 Å². The van der Waals surface area contributed by atoms with Gasteiger partial charge in [0.25, 0.3) is 11.5 Å². The third-order valence-electron chi connectivity index (χ3n) is 8.72. The van der Waals surface area contributed by atoms with Crippen LogP contribution in [0.4, 0.5) is 36.8 Å². The van der Waals surface area contributed by atoms with Gasteiger partial charge in [0.2, 0.25) is 5.91 Å². The lowest BCUT2D eigenvalue weighted by atomic mass is 9.89. The van der Waals surface area contributed by atoms with Crippen molar-refractivity contribution < 1.29 is 50.2 Å². The number of urea groups is 1. The second kappa shape index (κ2) is 11.5. The number of benzene rings is 2. The van der Waals surface area contributed by atoms with Crippen LogP contribution in [0.15, 0.2) is 53.1 Å². The first-order chi connectivity index (χ1) is 21.4. The molecule has 2 saturated heterocycles. The number of carbonyl (C=O) groups excluding carboxylic acids is 3. The fourth-order valence-electron chi connectivity index (χ4n) is 6.14. The first-order valence-electron chi connectivity index (χ1n) is 14.6. The SMILES string of the molecule is CCCc1cc(C(O)(C(F)(F)F)C(F)(F)F)ccc1N1CCN(C(=O)CN2C(=O)NC(C)(c3ccc4occc4c3)C2=O)C[C@@H]1C. The highest BCUT2D eigenvalue weighted by atomic mass is 19.4. The Morgan fingerprint density at radius 2 is 1.74 bits per heavy atom. The van der Waals surface area contributed by atoms with E-state index in [1.807, 2.05) is 0 Å². The number of nitrogens with zero attached hydrogens (tertiary/aromatic N) is 3. The van der Waals surface area contributed by atoms with Crippen molar-refractivity contribution >= 4 is 34.5 Å². The van der Waals surface area contributed by atoms with E-state index in [0.29, 0.717) is 29.3 Å². The van der Waals surface area contributed by atoms with Gasteiger partial charge in [0.05, 0.1) is 6.26 Å². The molecule has 2 aliphatic rings. The highest BCUT2D eigenvalue weighted by molar-refractivity contribution is 6.09. The molecule has 3 heterocycles. The highest BCUT2D eigenvalue weighted by Crippen LogP contribution is 2.50. The van der Waals surface area contributed by atoms with Crippen molar-refractivity contribution in [2.24, 2.45) is 0 Å². The molecule has 0 saturated carbocycles. The maximum atomic E-state index is 13.5. The zero-order valence-electron chi connectivity index (χ0n) is 25.1. The molecule has 5 rings (SSSR count). The molecule has 0 aliphatic carbocycles. The molecule has 1 aromatic heterocycles. The summed E-state index contributed by atoms with van der Waals surface area (Å²) in [6, 6.07) is 8.09. The first-order valence-corrected chi connectivity index (χ1v) is 14.6. The van der Waals surface area contributed by atoms with Crippen molar-refractivity contribution in [3.05, 3.63) is 65.4 Å². The fraction of sp³-hybridized carbons (Fsp3) is 0.452. The number of anilines is 1. The van der Waals surface area contributed by atoms with Gasteiger partial charge in [0, 0.05) is 42.3 Å². The minimum absolute atomic E-state index is 0.110. The molecule has 248 valence electrons. The number of alkyl halides is 6. The standard InChI is InChI=1S/C31H32F6N4O5/c1-4-5-19-14-22(29(45,30(32,33)34)31(35,36)37)6-8-23(19)40-12-11-39(16-18(40)2)25(42)17-41-26(43)28(3,38-27(41)44)21-7-9-24-20(15-21)10-13-46-24/h6-10,13-15,18,45H,4-5,11-12,16-17H2,1-3H3,(H,38,44)/t18-,28?/m0/s1. The molecule has 46 heavy (non-hydrogen) atoms. The lowest BCUT2D eigenvalue weighted by Crippen LogP contribution is -2.56. The molecular formula is C31H32F6N4O5. The van der Waals surface area contributed by atoms with Crippen molar-refractivity contribution in [3.63, 3.8) is 0 Å². The summed E-state index contributed by atoms with van der Waals surface area (Å²) in [4.78, 5) is 43.7. The highest BCUT2D eigenvalue weighted by Gasteiger charge is 2.71. The van der Waals surface area contributed by atoms with Gasteiger partial charge in [-0.15, -0.1) is 0 Å². The zero-order valence-corrected chi connectivity index (χ0v) is 25.1. The van der Waals surface area contributed by atoms with E-state index in [9.17, 15) is 45.8 Å². The molecule has 2 aromatic carbocycles. The van der Waals surface area contributed by atoms with E-state index in [0.717, 1.165) is 22.4 Å². The van der Waals surface area contributed by atoms with Crippen LogP contribution in [-0.4, -0.2) is 77.3 Å². The number of fused-ring (bicyclic) bond motifs is 1. The van der Waals surface area contributed by atoms with Crippen molar-refractivity contribution in [1.82, 2.24) is 15.1 Å². The largest absolute Gasteiger partial charge is 0.464 e. The predicted molar refractivity (Wildman–Crippen MR) is 154 cm³/mol. The summed E-state index contributed by atoms with van der Waals surface area (Å²) in [6.07, 6.45) is -9.97. The molecule has 15 heteroatoms. The van der Waals surface area contributed by atoms with Gasteiger partial charge in [-0.25, -0.2) is 4.79 Å². The monoisotopic (exact) mass is 654 g/mol. The average molecular weight is 655 g/mol. The third-order valence-corrected chi connectivity index (χ3v) is 8.72. The number of aryl methyl sites for hydroxylation is 1. The van der Waals surface area contributed by atoms with E-state index < -0.39 is 59.5 Å². The number of aliphatic hydroxyl groups is 1. The molecule has 4 amide bonds. The van der Waals surface area contributed by atoms with E-state index in [4.69, 9.17) is 4.42 Å². The Kier molecular flexibility index (Phi) is 8.28. The lowest BCUT2D eigenvalue weighted by molar-refractivity contribution is -0.376. The number of amides is 4. The quantitative estimate of drug-likeness (QED) is 0.268. The van der Waals surface area contributed by atoms with Crippen LogP contribution in [0.25, 0.3) is 11.0 Å². The molecule has 0 radical (unpaired) electrons. The molecule has 9 nitrogen and oxygen atoms in total. The number of hydrogen-bond donors (Lipinski definition) is 2. The van der Waals surface area contributed by atoms with E-state index in [-0.39, 0.29) is 31.6 Å². The Labute approximate surface area is 259 Å². The topological polar surface area (TPSA) is 106 Å². The maximum Gasteiger partial charge on any atom is 0.430 e.